The Morgan fingerprint density at radius 2 is 1.94 bits per heavy atom. The molecule has 0 aromatic carbocycles. The van der Waals surface area contributed by atoms with Crippen LogP contribution in [0, 0.1) is 5.92 Å². The summed E-state index contributed by atoms with van der Waals surface area (Å²) in [5.74, 6) is 8.79. The Hall–Kier alpha value is -1.36. The molecule has 0 aliphatic rings. The molecule has 0 atom stereocenters. The zero-order valence-corrected chi connectivity index (χ0v) is 12.1. The van der Waals surface area contributed by atoms with E-state index in [1.54, 1.807) is 0 Å². The Balaban J connectivity index is 3.08. The molecule has 0 bridgehead atoms. The van der Waals surface area contributed by atoms with Gasteiger partial charge in [-0.25, -0.2) is 15.8 Å². The van der Waals surface area contributed by atoms with Gasteiger partial charge in [-0.3, -0.25) is 0 Å². The highest BCUT2D eigenvalue weighted by molar-refractivity contribution is 5.49. The van der Waals surface area contributed by atoms with E-state index in [-0.39, 0.29) is 5.92 Å². The third kappa shape index (κ3) is 3.84. The van der Waals surface area contributed by atoms with Gasteiger partial charge in [0.05, 0.1) is 0 Å². The van der Waals surface area contributed by atoms with Crippen molar-refractivity contribution < 1.29 is 0 Å². The van der Waals surface area contributed by atoms with E-state index in [1.165, 1.54) is 0 Å². The van der Waals surface area contributed by atoms with Gasteiger partial charge in [0.15, 0.2) is 0 Å². The Bertz CT molecular complexity index is 376. The van der Waals surface area contributed by atoms with Crippen LogP contribution in [0.5, 0.6) is 0 Å². The van der Waals surface area contributed by atoms with Crippen molar-refractivity contribution in [3.8, 4) is 0 Å². The largest absolute Gasteiger partial charge is 0.356 e. The van der Waals surface area contributed by atoms with Gasteiger partial charge in [-0.05, 0) is 12.8 Å². The van der Waals surface area contributed by atoms with Gasteiger partial charge >= 0.3 is 0 Å². The Morgan fingerprint density at radius 1 is 1.28 bits per heavy atom. The summed E-state index contributed by atoms with van der Waals surface area (Å²) in [4.78, 5) is 11.2. The minimum absolute atomic E-state index is 0.287. The molecule has 0 radical (unpaired) electrons. The van der Waals surface area contributed by atoms with Crippen LogP contribution in [-0.4, -0.2) is 23.1 Å². The third-order valence-electron chi connectivity index (χ3n) is 2.69. The molecule has 3 N–H and O–H groups in total. The smallest absolute Gasteiger partial charge is 0.145 e. The van der Waals surface area contributed by atoms with Crippen LogP contribution in [0.1, 0.15) is 46.4 Å². The van der Waals surface area contributed by atoms with E-state index in [0.717, 1.165) is 24.7 Å². The molecule has 5 nitrogen and oxygen atoms in total. The lowest BCUT2D eigenvalue weighted by atomic mass is 10.2. The van der Waals surface area contributed by atoms with Gasteiger partial charge in [-0.15, -0.1) is 0 Å². The normalized spacial score (nSPS) is 11.1. The number of nitrogen functional groups attached to an aromatic ring is 1. The topological polar surface area (TPSA) is 67.1 Å². The molecule has 102 valence electrons. The minimum Gasteiger partial charge on any atom is -0.356 e. The number of hydrogen-bond donors (Lipinski definition) is 2. The van der Waals surface area contributed by atoms with Crippen molar-refractivity contribution in [2.24, 2.45) is 11.8 Å². The zero-order valence-electron chi connectivity index (χ0n) is 12.1. The fraction of sp³-hybridized carbons (Fsp3) is 0.692. The molecule has 0 saturated heterocycles. The fourth-order valence-corrected chi connectivity index (χ4v) is 1.77. The summed E-state index contributed by atoms with van der Waals surface area (Å²) in [6, 6.07) is 1.90. The fourth-order valence-electron chi connectivity index (χ4n) is 1.77. The molecule has 1 heterocycles. The first kappa shape index (κ1) is 14.7. The molecule has 0 fully saturated rings. The monoisotopic (exact) mass is 251 g/mol. The van der Waals surface area contributed by atoms with Crippen LogP contribution in [0.25, 0.3) is 0 Å². The van der Waals surface area contributed by atoms with Gasteiger partial charge in [-0.2, -0.15) is 0 Å². The van der Waals surface area contributed by atoms with Crippen LogP contribution in [0.4, 0.5) is 11.6 Å². The average molecular weight is 251 g/mol. The number of aromatic nitrogens is 2. The Labute approximate surface area is 110 Å². The molecular formula is C13H25N5. The lowest BCUT2D eigenvalue weighted by Crippen LogP contribution is -2.29. The highest BCUT2D eigenvalue weighted by atomic mass is 15.3. The average Bonchev–Trinajstić information content (AvgIpc) is 2.34. The van der Waals surface area contributed by atoms with Crippen LogP contribution in [-0.2, 0) is 0 Å². The molecule has 0 spiro atoms. The van der Waals surface area contributed by atoms with E-state index in [2.05, 4.69) is 54.9 Å². The zero-order chi connectivity index (χ0) is 13.7. The van der Waals surface area contributed by atoms with Crippen molar-refractivity contribution in [2.45, 2.75) is 40.5 Å². The SMILES string of the molecule is CCN(CC(C)C)c1cc(NN)nc(C(C)C)n1. The van der Waals surface area contributed by atoms with Gasteiger partial charge in [0.25, 0.3) is 0 Å². The first-order valence-electron chi connectivity index (χ1n) is 6.58. The quantitative estimate of drug-likeness (QED) is 0.600. The summed E-state index contributed by atoms with van der Waals surface area (Å²) >= 11 is 0. The second kappa shape index (κ2) is 6.54. The molecule has 0 aliphatic carbocycles. The number of hydrogen-bond acceptors (Lipinski definition) is 5. The van der Waals surface area contributed by atoms with E-state index < -0.39 is 0 Å². The number of hydrazine groups is 1. The third-order valence-corrected chi connectivity index (χ3v) is 2.69. The highest BCUT2D eigenvalue weighted by Crippen LogP contribution is 2.20. The summed E-state index contributed by atoms with van der Waals surface area (Å²) in [5.41, 5.74) is 2.62. The number of nitrogens with zero attached hydrogens (tertiary/aromatic N) is 3. The molecule has 18 heavy (non-hydrogen) atoms. The van der Waals surface area contributed by atoms with Crippen molar-refractivity contribution in [1.82, 2.24) is 9.97 Å². The van der Waals surface area contributed by atoms with E-state index in [0.29, 0.717) is 11.7 Å². The number of nitrogens with one attached hydrogen (secondary N) is 1. The number of nitrogens with two attached hydrogens (primary N) is 1. The highest BCUT2D eigenvalue weighted by Gasteiger charge is 2.13. The van der Waals surface area contributed by atoms with Crippen molar-refractivity contribution in [2.75, 3.05) is 23.4 Å². The first-order chi connectivity index (χ1) is 8.47. The molecule has 0 unspecified atom stereocenters. The van der Waals surface area contributed by atoms with Crippen LogP contribution >= 0.6 is 0 Å². The van der Waals surface area contributed by atoms with Crippen LogP contribution in [0.2, 0.25) is 0 Å². The molecule has 1 aromatic rings. The molecule has 1 aromatic heterocycles. The molecule has 5 heteroatoms. The maximum atomic E-state index is 5.47. The summed E-state index contributed by atoms with van der Waals surface area (Å²) in [7, 11) is 0. The maximum Gasteiger partial charge on any atom is 0.145 e. The predicted molar refractivity (Wildman–Crippen MR) is 76.7 cm³/mol. The van der Waals surface area contributed by atoms with E-state index in [9.17, 15) is 0 Å². The molecule has 0 saturated carbocycles. The lowest BCUT2D eigenvalue weighted by Gasteiger charge is -2.25. The second-order valence-electron chi connectivity index (χ2n) is 5.20. The van der Waals surface area contributed by atoms with E-state index in [1.807, 2.05) is 6.07 Å². The van der Waals surface area contributed by atoms with Gasteiger partial charge in [-0.1, -0.05) is 27.7 Å². The van der Waals surface area contributed by atoms with Gasteiger partial charge in [0.2, 0.25) is 0 Å². The van der Waals surface area contributed by atoms with Crippen molar-refractivity contribution in [3.63, 3.8) is 0 Å². The second-order valence-corrected chi connectivity index (χ2v) is 5.20. The Morgan fingerprint density at radius 3 is 2.39 bits per heavy atom. The molecule has 1 rings (SSSR count). The Kier molecular flexibility index (Phi) is 5.34. The van der Waals surface area contributed by atoms with Gasteiger partial charge in [0.1, 0.15) is 17.5 Å². The lowest BCUT2D eigenvalue weighted by molar-refractivity contribution is 0.611. The summed E-state index contributed by atoms with van der Waals surface area (Å²) < 4.78 is 0. The van der Waals surface area contributed by atoms with Crippen molar-refractivity contribution in [3.05, 3.63) is 11.9 Å². The summed E-state index contributed by atoms with van der Waals surface area (Å²) in [6.45, 7) is 12.6. The van der Waals surface area contributed by atoms with Crippen LogP contribution in [0.3, 0.4) is 0 Å². The van der Waals surface area contributed by atoms with Gasteiger partial charge < -0.3 is 10.3 Å². The first-order valence-corrected chi connectivity index (χ1v) is 6.58. The number of anilines is 2. The number of rotatable bonds is 6. The molecule has 0 amide bonds. The maximum absolute atomic E-state index is 5.47. The van der Waals surface area contributed by atoms with Crippen LogP contribution in [0.15, 0.2) is 6.07 Å². The minimum atomic E-state index is 0.287. The predicted octanol–water partition coefficient (Wildman–Crippen LogP) is 2.37. The van der Waals surface area contributed by atoms with Crippen LogP contribution < -0.4 is 16.2 Å². The van der Waals surface area contributed by atoms with Crippen molar-refractivity contribution >= 4 is 11.6 Å². The molecular weight excluding hydrogens is 226 g/mol. The van der Waals surface area contributed by atoms with E-state index in [4.69, 9.17) is 5.84 Å². The standard InChI is InChI=1S/C13H25N5/c1-6-18(8-9(2)3)12-7-11(17-14)15-13(16-12)10(4)5/h7,9-10H,6,8,14H2,1-5H3,(H,15,16,17). The summed E-state index contributed by atoms with van der Waals surface area (Å²) in [6.07, 6.45) is 0. The van der Waals surface area contributed by atoms with Gasteiger partial charge in [0, 0.05) is 25.1 Å². The molecule has 0 aliphatic heterocycles. The summed E-state index contributed by atoms with van der Waals surface area (Å²) in [5, 5.41) is 0. The van der Waals surface area contributed by atoms with Crippen molar-refractivity contribution in [1.29, 1.82) is 0 Å². The van der Waals surface area contributed by atoms with E-state index >= 15 is 0 Å².